The average molecular weight is 115 g/mol. The van der Waals surface area contributed by atoms with Crippen LogP contribution in [0.1, 0.15) is 6.42 Å². The molecule has 0 aromatic heterocycles. The lowest BCUT2D eigenvalue weighted by Crippen LogP contribution is -2.23. The highest BCUT2D eigenvalue weighted by atomic mass is 32.2. The minimum Gasteiger partial charge on any atom is -0.287 e. The number of rotatable bonds is 1. The molecule has 1 saturated heterocycles. The van der Waals surface area contributed by atoms with Crippen LogP contribution in [0, 0.1) is 12.8 Å². The van der Waals surface area contributed by atoms with Crippen molar-refractivity contribution in [3.8, 4) is 0 Å². The molecule has 0 N–H and O–H groups in total. The fourth-order valence-corrected chi connectivity index (χ4v) is 1.29. The molecule has 2 heteroatoms. The van der Waals surface area contributed by atoms with Gasteiger partial charge in [-0.1, -0.05) is 18.7 Å². The van der Waals surface area contributed by atoms with E-state index >= 15 is 0 Å². The maximum Gasteiger partial charge on any atom is 0.192 e. The number of hydrogen-bond donors (Lipinski definition) is 0. The summed E-state index contributed by atoms with van der Waals surface area (Å²) in [7, 11) is 0. The van der Waals surface area contributed by atoms with E-state index in [9.17, 15) is 4.79 Å². The maximum absolute atomic E-state index is 10.4. The van der Waals surface area contributed by atoms with Crippen molar-refractivity contribution in [3.63, 3.8) is 0 Å². The zero-order valence-corrected chi connectivity index (χ0v) is 4.83. The van der Waals surface area contributed by atoms with Gasteiger partial charge in [0.05, 0.1) is 0 Å². The van der Waals surface area contributed by atoms with E-state index in [1.165, 1.54) is 11.8 Å². The molecule has 1 unspecified atom stereocenters. The van der Waals surface area contributed by atoms with Gasteiger partial charge in [0.25, 0.3) is 0 Å². The van der Waals surface area contributed by atoms with Crippen LogP contribution in [-0.2, 0) is 4.79 Å². The van der Waals surface area contributed by atoms with Gasteiger partial charge in [-0.15, -0.1) is 0 Å². The quantitative estimate of drug-likeness (QED) is 0.509. The molecule has 1 radical (unpaired) electrons. The van der Waals surface area contributed by atoms with E-state index < -0.39 is 0 Å². The predicted octanol–water partition coefficient (Wildman–Crippen LogP) is 1.10. The lowest BCUT2D eigenvalue weighted by molar-refractivity contribution is -0.115. The molecule has 0 aromatic carbocycles. The van der Waals surface area contributed by atoms with Crippen molar-refractivity contribution >= 4 is 16.9 Å². The molecule has 1 fully saturated rings. The van der Waals surface area contributed by atoms with Gasteiger partial charge in [0.15, 0.2) is 5.12 Å². The Kier molecular flexibility index (Phi) is 1.38. The highest BCUT2D eigenvalue weighted by Gasteiger charge is 2.26. The summed E-state index contributed by atoms with van der Waals surface area (Å²) in [5, 5.41) is 0.329. The largest absolute Gasteiger partial charge is 0.287 e. The molecule has 0 aromatic rings. The van der Waals surface area contributed by atoms with Crippen LogP contribution in [0.3, 0.4) is 0 Å². The third-order valence-corrected chi connectivity index (χ3v) is 2.30. The molecule has 39 valence electrons. The van der Waals surface area contributed by atoms with Crippen LogP contribution >= 0.6 is 11.8 Å². The van der Waals surface area contributed by atoms with Gasteiger partial charge in [-0.05, 0) is 6.42 Å². The zero-order valence-electron chi connectivity index (χ0n) is 4.02. The second-order valence-corrected chi connectivity index (χ2v) is 2.64. The van der Waals surface area contributed by atoms with Crippen LogP contribution in [0.4, 0.5) is 0 Å². The molecule has 1 heterocycles. The zero-order chi connectivity index (χ0) is 5.28. The van der Waals surface area contributed by atoms with Crippen molar-refractivity contribution in [1.82, 2.24) is 0 Å². The lowest BCUT2D eigenvalue weighted by atomic mass is 10.1. The summed E-state index contributed by atoms with van der Waals surface area (Å²) >= 11 is 1.41. The van der Waals surface area contributed by atoms with Crippen LogP contribution in [0.25, 0.3) is 0 Å². The van der Waals surface area contributed by atoms with Gasteiger partial charge in [0.1, 0.15) is 0 Å². The lowest BCUT2D eigenvalue weighted by Gasteiger charge is -2.20. The molecular formula is C5H7OS. The normalized spacial score (nSPS) is 29.9. The Morgan fingerprint density at radius 1 is 2.00 bits per heavy atom. The number of carbonyl (C=O) groups excluding carboxylic acids is 1. The summed E-state index contributed by atoms with van der Waals surface area (Å²) in [5.41, 5.74) is 0. The molecule has 0 saturated carbocycles. The number of carbonyl (C=O) groups is 1. The number of hydrogen-bond acceptors (Lipinski definition) is 2. The molecular weight excluding hydrogens is 108 g/mol. The van der Waals surface area contributed by atoms with E-state index in [0.29, 0.717) is 11.0 Å². The van der Waals surface area contributed by atoms with Crippen LogP contribution in [-0.4, -0.2) is 10.9 Å². The Hall–Kier alpha value is 0.0200. The van der Waals surface area contributed by atoms with Crippen LogP contribution in [0.5, 0.6) is 0 Å². The molecule has 1 aliphatic rings. The molecule has 0 bridgehead atoms. The summed E-state index contributed by atoms with van der Waals surface area (Å²) in [6.07, 6.45) is 0.784. The van der Waals surface area contributed by atoms with Crippen LogP contribution < -0.4 is 0 Å². The Balaban J connectivity index is 2.29. The average Bonchev–Trinajstić information content (AvgIpc) is 1.65. The molecule has 1 nitrogen and oxygen atoms in total. The second kappa shape index (κ2) is 1.86. The minimum absolute atomic E-state index is 0.296. The van der Waals surface area contributed by atoms with E-state index in [-0.39, 0.29) is 0 Å². The Labute approximate surface area is 47.5 Å². The van der Waals surface area contributed by atoms with Crippen LogP contribution in [0.2, 0.25) is 0 Å². The van der Waals surface area contributed by atoms with E-state index in [1.54, 1.807) is 0 Å². The first-order valence-electron chi connectivity index (χ1n) is 2.30. The van der Waals surface area contributed by atoms with Gasteiger partial charge in [-0.2, -0.15) is 0 Å². The van der Waals surface area contributed by atoms with E-state index in [2.05, 4.69) is 6.92 Å². The molecule has 0 aliphatic carbocycles. The Morgan fingerprint density at radius 2 is 2.71 bits per heavy atom. The molecule has 1 atom stereocenters. The summed E-state index contributed by atoms with van der Waals surface area (Å²) in [6.45, 7) is 3.62. The van der Waals surface area contributed by atoms with Gasteiger partial charge in [0.2, 0.25) is 0 Å². The summed E-state index contributed by atoms with van der Waals surface area (Å²) in [5.74, 6) is 1.30. The highest BCUT2D eigenvalue weighted by molar-refractivity contribution is 8.15. The van der Waals surface area contributed by atoms with E-state index in [0.717, 1.165) is 12.2 Å². The Bertz CT molecular complexity index is 88.1. The standard InChI is InChI=1S/C5H7OS/c1-2-4-3-7-5(4)6/h4H,1-3H2. The molecule has 0 amide bonds. The van der Waals surface area contributed by atoms with Crippen molar-refractivity contribution in [2.75, 3.05) is 5.75 Å². The third-order valence-electron chi connectivity index (χ3n) is 1.11. The van der Waals surface area contributed by atoms with Crippen molar-refractivity contribution in [2.24, 2.45) is 5.92 Å². The van der Waals surface area contributed by atoms with E-state index in [1.807, 2.05) is 0 Å². The van der Waals surface area contributed by atoms with Crippen molar-refractivity contribution in [3.05, 3.63) is 6.92 Å². The summed E-state index contributed by atoms with van der Waals surface area (Å²) in [6, 6.07) is 0. The first-order valence-corrected chi connectivity index (χ1v) is 3.29. The van der Waals surface area contributed by atoms with Crippen molar-refractivity contribution in [1.29, 1.82) is 0 Å². The van der Waals surface area contributed by atoms with Crippen molar-refractivity contribution in [2.45, 2.75) is 6.42 Å². The SMILES string of the molecule is [CH2]CC1CSC1=O. The van der Waals surface area contributed by atoms with Gasteiger partial charge < -0.3 is 0 Å². The summed E-state index contributed by atoms with van der Waals surface area (Å²) in [4.78, 5) is 10.4. The number of thioether (sulfide) groups is 1. The first kappa shape index (κ1) is 5.16. The fourth-order valence-electron chi connectivity index (χ4n) is 0.470. The predicted molar refractivity (Wildman–Crippen MR) is 30.9 cm³/mol. The van der Waals surface area contributed by atoms with Crippen molar-refractivity contribution < 1.29 is 4.79 Å². The van der Waals surface area contributed by atoms with Gasteiger partial charge >= 0.3 is 0 Å². The maximum atomic E-state index is 10.4. The monoisotopic (exact) mass is 115 g/mol. The second-order valence-electron chi connectivity index (χ2n) is 1.62. The summed E-state index contributed by atoms with van der Waals surface area (Å²) < 4.78 is 0. The molecule has 1 rings (SSSR count). The molecule has 7 heavy (non-hydrogen) atoms. The molecule has 1 aliphatic heterocycles. The van der Waals surface area contributed by atoms with Gasteiger partial charge in [-0.3, -0.25) is 4.79 Å². The minimum atomic E-state index is 0.296. The van der Waals surface area contributed by atoms with Gasteiger partial charge in [-0.25, -0.2) is 0 Å². The molecule has 0 spiro atoms. The first-order chi connectivity index (χ1) is 3.34. The third kappa shape index (κ3) is 0.801. The smallest absolute Gasteiger partial charge is 0.192 e. The van der Waals surface area contributed by atoms with E-state index in [4.69, 9.17) is 0 Å². The fraction of sp³-hybridized carbons (Fsp3) is 0.600. The topological polar surface area (TPSA) is 17.1 Å². The van der Waals surface area contributed by atoms with Gasteiger partial charge in [0, 0.05) is 11.7 Å². The highest BCUT2D eigenvalue weighted by Crippen LogP contribution is 2.28. The van der Waals surface area contributed by atoms with Crippen LogP contribution in [0.15, 0.2) is 0 Å². The Morgan fingerprint density at radius 3 is 2.71 bits per heavy atom.